The van der Waals surface area contributed by atoms with Gasteiger partial charge in [0.25, 0.3) is 0 Å². The van der Waals surface area contributed by atoms with Crippen LogP contribution in [0.1, 0.15) is 49.2 Å². The summed E-state index contributed by atoms with van der Waals surface area (Å²) in [5.41, 5.74) is -0.196. The predicted octanol–water partition coefficient (Wildman–Crippen LogP) is 4.00. The van der Waals surface area contributed by atoms with Gasteiger partial charge in [-0.1, -0.05) is 34.8 Å². The zero-order valence-corrected chi connectivity index (χ0v) is 22.5. The van der Waals surface area contributed by atoms with Crippen LogP contribution < -0.4 is 10.6 Å². The summed E-state index contributed by atoms with van der Waals surface area (Å²) in [6.07, 6.45) is 3.22. The van der Waals surface area contributed by atoms with Crippen molar-refractivity contribution in [1.29, 1.82) is 0 Å². The Labute approximate surface area is 222 Å². The van der Waals surface area contributed by atoms with Crippen LogP contribution in [0.15, 0.2) is 24.3 Å². The van der Waals surface area contributed by atoms with E-state index >= 15 is 0 Å². The van der Waals surface area contributed by atoms with E-state index in [4.69, 9.17) is 9.47 Å². The predicted molar refractivity (Wildman–Crippen MR) is 138 cm³/mol. The number of halogens is 1. The van der Waals surface area contributed by atoms with Crippen molar-refractivity contribution in [2.45, 2.75) is 58.7 Å². The lowest BCUT2D eigenvalue weighted by Gasteiger charge is -2.40. The molecule has 1 aromatic carbocycles. The molecule has 1 aliphatic heterocycles. The second-order valence-corrected chi connectivity index (χ2v) is 11.7. The van der Waals surface area contributed by atoms with Crippen LogP contribution in [0.5, 0.6) is 0 Å². The summed E-state index contributed by atoms with van der Waals surface area (Å²) < 4.78 is 24.6. The van der Waals surface area contributed by atoms with Crippen LogP contribution in [0.2, 0.25) is 0 Å². The molecular weight excluding hydrogens is 519 g/mol. The molecule has 0 spiro atoms. The van der Waals surface area contributed by atoms with Crippen molar-refractivity contribution in [2.24, 2.45) is 5.41 Å². The highest BCUT2D eigenvalue weighted by atomic mass is 32.1. The highest BCUT2D eigenvalue weighted by Gasteiger charge is 2.42. The maximum absolute atomic E-state index is 13.3. The van der Waals surface area contributed by atoms with Gasteiger partial charge in [-0.3, -0.25) is 14.9 Å². The number of carbonyl (C=O) groups is 2. The minimum absolute atomic E-state index is 0.0654. The van der Waals surface area contributed by atoms with E-state index in [1.165, 1.54) is 34.8 Å². The summed E-state index contributed by atoms with van der Waals surface area (Å²) >= 11 is 2.67. The number of benzene rings is 1. The molecular formula is C24H29FN6O4S2. The Kier molecular flexibility index (Phi) is 8.57. The summed E-state index contributed by atoms with van der Waals surface area (Å²) in [6.45, 7) is 5.97. The topological polar surface area (TPSA) is 128 Å². The smallest absolute Gasteiger partial charge is 0.236 e. The van der Waals surface area contributed by atoms with Gasteiger partial charge in [0.2, 0.25) is 22.1 Å². The van der Waals surface area contributed by atoms with E-state index in [1.54, 1.807) is 19.1 Å². The molecule has 2 aromatic heterocycles. The second kappa shape index (κ2) is 11.7. The minimum Gasteiger partial charge on any atom is -0.349 e. The first-order chi connectivity index (χ1) is 17.6. The number of ether oxygens (including phenoxy) is 2. The normalized spacial score (nSPS) is 16.3. The van der Waals surface area contributed by atoms with E-state index < -0.39 is 11.2 Å². The molecule has 3 heterocycles. The van der Waals surface area contributed by atoms with E-state index in [9.17, 15) is 14.0 Å². The molecule has 1 aliphatic rings. The van der Waals surface area contributed by atoms with Crippen molar-refractivity contribution in [1.82, 2.24) is 20.4 Å². The molecule has 13 heteroatoms. The zero-order chi connectivity index (χ0) is 26.5. The van der Waals surface area contributed by atoms with Crippen LogP contribution in [-0.4, -0.2) is 51.2 Å². The van der Waals surface area contributed by atoms with E-state index in [-0.39, 0.29) is 37.3 Å². The molecule has 3 aromatic rings. The first kappa shape index (κ1) is 27.2. The van der Waals surface area contributed by atoms with E-state index in [1.807, 2.05) is 13.8 Å². The quantitative estimate of drug-likeness (QED) is 0.364. The first-order valence-corrected chi connectivity index (χ1v) is 13.5. The summed E-state index contributed by atoms with van der Waals surface area (Å²) in [7, 11) is 0. The number of aromatic nitrogens is 4. The number of nitrogens with zero attached hydrogens (tertiary/aromatic N) is 4. The van der Waals surface area contributed by atoms with Crippen molar-refractivity contribution in [3.05, 3.63) is 45.7 Å². The molecule has 37 heavy (non-hydrogen) atoms. The molecule has 2 N–H and O–H groups in total. The minimum atomic E-state index is -0.791. The second-order valence-electron chi connectivity index (χ2n) is 9.56. The standard InChI is InChI=1S/C24H29FN6O4S2/c1-23(2)34-13-24(3,14-35-23)20(33)27-22-31-29-19(37-22)10-5-4-9-18-28-30-21(36-18)26-17(32)12-15-7-6-8-16(25)11-15/h6-8,11H,4-5,9-10,12-14H2,1-3H3,(H,26,30,32)(H,27,31,33). The average molecular weight is 549 g/mol. The first-order valence-electron chi connectivity index (χ1n) is 11.9. The van der Waals surface area contributed by atoms with Crippen molar-refractivity contribution in [3.63, 3.8) is 0 Å². The van der Waals surface area contributed by atoms with Crippen LogP contribution >= 0.6 is 22.7 Å². The third-order valence-electron chi connectivity index (χ3n) is 5.71. The van der Waals surface area contributed by atoms with Crippen LogP contribution in [-0.2, 0) is 38.3 Å². The van der Waals surface area contributed by atoms with Gasteiger partial charge < -0.3 is 14.8 Å². The number of rotatable bonds is 10. The van der Waals surface area contributed by atoms with E-state index in [2.05, 4.69) is 31.0 Å². The third kappa shape index (κ3) is 7.81. The SMILES string of the molecule is CC1(C)OCC(C)(C(=O)Nc2nnc(CCCCc3nnc(NC(=O)Cc4cccc(F)c4)s3)s2)CO1. The highest BCUT2D eigenvalue weighted by molar-refractivity contribution is 7.15. The van der Waals surface area contributed by atoms with E-state index in [0.717, 1.165) is 29.3 Å². The number of hydrogen-bond acceptors (Lipinski definition) is 10. The van der Waals surface area contributed by atoms with Crippen LogP contribution in [0.3, 0.4) is 0 Å². The number of aryl methyl sites for hydroxylation is 2. The van der Waals surface area contributed by atoms with Crippen molar-refractivity contribution in [3.8, 4) is 0 Å². The van der Waals surface area contributed by atoms with Gasteiger partial charge in [-0.05, 0) is 51.3 Å². The number of hydrogen-bond donors (Lipinski definition) is 2. The van der Waals surface area contributed by atoms with Gasteiger partial charge in [0.15, 0.2) is 5.79 Å². The van der Waals surface area contributed by atoms with Gasteiger partial charge in [-0.15, -0.1) is 20.4 Å². The fourth-order valence-electron chi connectivity index (χ4n) is 3.49. The molecule has 1 fully saturated rings. The van der Waals surface area contributed by atoms with Gasteiger partial charge in [0.1, 0.15) is 15.8 Å². The van der Waals surface area contributed by atoms with Crippen LogP contribution in [0.4, 0.5) is 14.7 Å². The largest absolute Gasteiger partial charge is 0.349 e. The van der Waals surface area contributed by atoms with Gasteiger partial charge in [0, 0.05) is 12.8 Å². The highest BCUT2D eigenvalue weighted by Crippen LogP contribution is 2.31. The Morgan fingerprint density at radius 3 is 2.14 bits per heavy atom. The number of unbranched alkanes of at least 4 members (excludes halogenated alkanes) is 1. The fourth-order valence-corrected chi connectivity index (χ4v) is 5.06. The Hall–Kier alpha value is -2.87. The van der Waals surface area contributed by atoms with Gasteiger partial charge in [0.05, 0.1) is 25.0 Å². The van der Waals surface area contributed by atoms with Gasteiger partial charge >= 0.3 is 0 Å². The Bertz CT molecular complexity index is 1240. The lowest BCUT2D eigenvalue weighted by molar-refractivity contribution is -0.276. The molecule has 4 rings (SSSR count). The number of nitrogens with one attached hydrogen (secondary N) is 2. The zero-order valence-electron chi connectivity index (χ0n) is 20.9. The molecule has 0 bridgehead atoms. The van der Waals surface area contributed by atoms with E-state index in [0.29, 0.717) is 22.2 Å². The number of anilines is 2. The Morgan fingerprint density at radius 1 is 0.946 bits per heavy atom. The summed E-state index contributed by atoms with van der Waals surface area (Å²) in [5.74, 6) is -1.54. The lowest BCUT2D eigenvalue weighted by atomic mass is 9.90. The summed E-state index contributed by atoms with van der Waals surface area (Å²) in [5, 5.41) is 24.5. The molecule has 0 unspecified atom stereocenters. The molecule has 0 atom stereocenters. The molecule has 10 nitrogen and oxygen atoms in total. The monoisotopic (exact) mass is 548 g/mol. The van der Waals surface area contributed by atoms with Crippen molar-refractivity contribution >= 4 is 44.8 Å². The lowest BCUT2D eigenvalue weighted by Crippen LogP contribution is -2.50. The van der Waals surface area contributed by atoms with Gasteiger partial charge in [-0.2, -0.15) is 0 Å². The summed E-state index contributed by atoms with van der Waals surface area (Å²) in [6, 6.07) is 5.94. The Morgan fingerprint density at radius 2 is 1.54 bits per heavy atom. The fraction of sp³-hybridized carbons (Fsp3) is 0.500. The third-order valence-corrected chi connectivity index (χ3v) is 7.51. The molecule has 2 amide bonds. The summed E-state index contributed by atoms with van der Waals surface area (Å²) in [4.78, 5) is 24.9. The maximum atomic E-state index is 13.3. The van der Waals surface area contributed by atoms with Crippen molar-refractivity contribution in [2.75, 3.05) is 23.8 Å². The van der Waals surface area contributed by atoms with Crippen LogP contribution in [0, 0.1) is 11.2 Å². The average Bonchev–Trinajstić information content (AvgIpc) is 3.48. The van der Waals surface area contributed by atoms with Crippen LogP contribution in [0.25, 0.3) is 0 Å². The van der Waals surface area contributed by atoms with Crippen molar-refractivity contribution < 1.29 is 23.5 Å². The number of amides is 2. The van der Waals surface area contributed by atoms with Gasteiger partial charge in [-0.25, -0.2) is 4.39 Å². The molecule has 0 radical (unpaired) electrons. The molecule has 1 saturated heterocycles. The number of carbonyl (C=O) groups excluding carboxylic acids is 2. The molecule has 0 aliphatic carbocycles. The maximum Gasteiger partial charge on any atom is 0.236 e. The molecule has 0 saturated carbocycles. The Balaban J connectivity index is 1.16. The molecule has 198 valence electrons.